The number of carbonyl (C=O) groups is 1. The monoisotopic (exact) mass is 284 g/mol. The molecule has 0 amide bonds. The lowest BCUT2D eigenvalue weighted by Gasteiger charge is -2.28. The Hall–Kier alpha value is -1.97. The van der Waals surface area contributed by atoms with Crippen molar-refractivity contribution >= 4 is 5.78 Å². The lowest BCUT2D eigenvalue weighted by atomic mass is 9.96. The molecule has 1 N–H and O–H groups in total. The largest absolute Gasteiger partial charge is 0.356 e. The molecular weight excluding hydrogens is 264 g/mol. The highest BCUT2D eigenvalue weighted by Gasteiger charge is 2.39. The van der Waals surface area contributed by atoms with Crippen molar-refractivity contribution in [2.75, 3.05) is 6.61 Å². The van der Waals surface area contributed by atoms with Crippen LogP contribution in [0.1, 0.15) is 29.8 Å². The van der Waals surface area contributed by atoms with Gasteiger partial charge >= 0.3 is 0 Å². The number of Topliss-reactive ketones (excluding diaryl/α,β-unsaturated/α-hetero) is 1. The van der Waals surface area contributed by atoms with Crippen molar-refractivity contribution in [1.82, 2.24) is 0 Å². The molecule has 110 valence electrons. The predicted octanol–water partition coefficient (Wildman–Crippen LogP) is 3.39. The minimum absolute atomic E-state index is 0.212. The highest BCUT2D eigenvalue weighted by molar-refractivity contribution is 6.01. The summed E-state index contributed by atoms with van der Waals surface area (Å²) >= 11 is 0. The Balaban J connectivity index is 2.38. The van der Waals surface area contributed by atoms with E-state index in [1.807, 2.05) is 26.0 Å². The molecule has 0 bridgehead atoms. The first-order chi connectivity index (χ1) is 10.0. The van der Waals surface area contributed by atoms with Gasteiger partial charge in [-0.05, 0) is 5.92 Å². The van der Waals surface area contributed by atoms with Crippen molar-refractivity contribution < 1.29 is 14.6 Å². The van der Waals surface area contributed by atoms with Gasteiger partial charge in [-0.3, -0.25) is 4.79 Å². The van der Waals surface area contributed by atoms with E-state index in [0.29, 0.717) is 17.7 Å². The maximum atomic E-state index is 12.7. The molecule has 3 heteroatoms. The SMILES string of the molecule is CC(C)COC(O)(C(=O)c1ccccc1)c1ccccc1. The van der Waals surface area contributed by atoms with E-state index >= 15 is 0 Å². The van der Waals surface area contributed by atoms with Gasteiger partial charge in [0.15, 0.2) is 0 Å². The molecule has 0 heterocycles. The standard InChI is InChI=1S/C18H20O3/c1-14(2)13-21-18(20,16-11-7-4-8-12-16)17(19)15-9-5-3-6-10-15/h3-12,14,20H,13H2,1-2H3. The predicted molar refractivity (Wildman–Crippen MR) is 81.9 cm³/mol. The summed E-state index contributed by atoms with van der Waals surface area (Å²) in [5.74, 6) is -2.19. The van der Waals surface area contributed by atoms with E-state index in [1.54, 1.807) is 48.5 Å². The quantitative estimate of drug-likeness (QED) is 0.653. The van der Waals surface area contributed by atoms with Crippen LogP contribution < -0.4 is 0 Å². The highest BCUT2D eigenvalue weighted by Crippen LogP contribution is 2.28. The molecule has 0 aliphatic carbocycles. The van der Waals surface area contributed by atoms with Gasteiger partial charge in [-0.2, -0.15) is 0 Å². The van der Waals surface area contributed by atoms with Crippen molar-refractivity contribution in [2.24, 2.45) is 5.92 Å². The molecule has 0 fully saturated rings. The third kappa shape index (κ3) is 3.57. The number of ketones is 1. The zero-order valence-corrected chi connectivity index (χ0v) is 12.3. The number of carbonyl (C=O) groups excluding carboxylic acids is 1. The number of hydrogen-bond acceptors (Lipinski definition) is 3. The first-order valence-electron chi connectivity index (χ1n) is 7.05. The Bertz CT molecular complexity index is 578. The Morgan fingerprint density at radius 1 is 1.05 bits per heavy atom. The fourth-order valence-corrected chi connectivity index (χ4v) is 2.02. The molecule has 0 aliphatic rings. The average molecular weight is 284 g/mol. The van der Waals surface area contributed by atoms with Gasteiger partial charge in [0.05, 0.1) is 6.61 Å². The first kappa shape index (κ1) is 15.4. The Morgan fingerprint density at radius 3 is 2.10 bits per heavy atom. The number of ether oxygens (including phenoxy) is 1. The zero-order chi connectivity index (χ0) is 15.3. The van der Waals surface area contributed by atoms with Crippen molar-refractivity contribution in [1.29, 1.82) is 0 Å². The second kappa shape index (κ2) is 6.66. The van der Waals surface area contributed by atoms with Gasteiger partial charge in [-0.15, -0.1) is 0 Å². The van der Waals surface area contributed by atoms with E-state index in [1.165, 1.54) is 0 Å². The van der Waals surface area contributed by atoms with E-state index in [0.717, 1.165) is 0 Å². The van der Waals surface area contributed by atoms with Gasteiger partial charge in [0.1, 0.15) is 0 Å². The number of benzene rings is 2. The maximum Gasteiger partial charge on any atom is 0.258 e. The smallest absolute Gasteiger partial charge is 0.258 e. The molecule has 21 heavy (non-hydrogen) atoms. The normalized spacial score (nSPS) is 13.9. The summed E-state index contributed by atoms with van der Waals surface area (Å²) < 4.78 is 5.60. The van der Waals surface area contributed by atoms with E-state index in [9.17, 15) is 9.90 Å². The molecule has 2 rings (SSSR count). The summed E-state index contributed by atoms with van der Waals surface area (Å²) in [5.41, 5.74) is 0.868. The number of aliphatic hydroxyl groups is 1. The van der Waals surface area contributed by atoms with Crippen molar-refractivity contribution in [2.45, 2.75) is 19.6 Å². The molecular formula is C18H20O3. The molecule has 0 aromatic heterocycles. The van der Waals surface area contributed by atoms with Gasteiger partial charge < -0.3 is 9.84 Å². The van der Waals surface area contributed by atoms with Crippen molar-refractivity contribution in [3.05, 3.63) is 71.8 Å². The Morgan fingerprint density at radius 2 is 1.57 bits per heavy atom. The van der Waals surface area contributed by atoms with E-state index in [4.69, 9.17) is 4.74 Å². The third-order valence-corrected chi connectivity index (χ3v) is 3.13. The van der Waals surface area contributed by atoms with Crippen LogP contribution in [0.15, 0.2) is 60.7 Å². The molecule has 1 unspecified atom stereocenters. The molecule has 2 aromatic rings. The average Bonchev–Trinajstić information content (AvgIpc) is 2.53. The van der Waals surface area contributed by atoms with Crippen LogP contribution in [-0.2, 0) is 10.5 Å². The topological polar surface area (TPSA) is 46.5 Å². The number of hydrogen-bond donors (Lipinski definition) is 1. The van der Waals surface area contributed by atoms with Crippen LogP contribution in [0.25, 0.3) is 0 Å². The Kier molecular flexibility index (Phi) is 4.89. The minimum atomic E-state index is -1.95. The van der Waals surface area contributed by atoms with Crippen LogP contribution in [0, 0.1) is 5.92 Å². The van der Waals surface area contributed by atoms with Gasteiger partial charge in [0.25, 0.3) is 5.79 Å². The summed E-state index contributed by atoms with van der Waals surface area (Å²) in [6.45, 7) is 4.24. The molecule has 1 atom stereocenters. The highest BCUT2D eigenvalue weighted by atomic mass is 16.6. The molecule has 0 aliphatic heterocycles. The second-order valence-corrected chi connectivity index (χ2v) is 5.41. The van der Waals surface area contributed by atoms with Gasteiger partial charge in [0.2, 0.25) is 5.78 Å². The third-order valence-electron chi connectivity index (χ3n) is 3.13. The van der Waals surface area contributed by atoms with Crippen LogP contribution in [0.2, 0.25) is 0 Å². The van der Waals surface area contributed by atoms with E-state index in [2.05, 4.69) is 0 Å². The van der Waals surface area contributed by atoms with Crippen LogP contribution in [0.3, 0.4) is 0 Å². The van der Waals surface area contributed by atoms with Crippen LogP contribution in [-0.4, -0.2) is 17.5 Å². The molecule has 0 radical (unpaired) electrons. The first-order valence-corrected chi connectivity index (χ1v) is 7.05. The summed E-state index contributed by atoms with van der Waals surface area (Å²) in [6, 6.07) is 17.5. The van der Waals surface area contributed by atoms with Crippen molar-refractivity contribution in [3.63, 3.8) is 0 Å². The summed E-state index contributed by atoms with van der Waals surface area (Å²) in [4.78, 5) is 12.7. The summed E-state index contributed by atoms with van der Waals surface area (Å²) in [7, 11) is 0. The van der Waals surface area contributed by atoms with Gasteiger partial charge in [-0.1, -0.05) is 74.5 Å². The fraction of sp³-hybridized carbons (Fsp3) is 0.278. The lowest BCUT2D eigenvalue weighted by Crippen LogP contribution is -2.39. The fourth-order valence-electron chi connectivity index (χ4n) is 2.02. The second-order valence-electron chi connectivity index (χ2n) is 5.41. The zero-order valence-electron chi connectivity index (χ0n) is 12.3. The van der Waals surface area contributed by atoms with E-state index in [-0.39, 0.29) is 5.92 Å². The molecule has 2 aromatic carbocycles. The van der Waals surface area contributed by atoms with Gasteiger partial charge in [-0.25, -0.2) is 0 Å². The molecule has 0 saturated carbocycles. The van der Waals surface area contributed by atoms with Crippen LogP contribution >= 0.6 is 0 Å². The van der Waals surface area contributed by atoms with E-state index < -0.39 is 11.6 Å². The molecule has 0 saturated heterocycles. The van der Waals surface area contributed by atoms with Crippen LogP contribution in [0.5, 0.6) is 0 Å². The molecule has 0 spiro atoms. The molecule has 3 nitrogen and oxygen atoms in total. The number of rotatable bonds is 6. The Labute approximate surface area is 125 Å². The summed E-state index contributed by atoms with van der Waals surface area (Å²) in [5, 5.41) is 10.9. The minimum Gasteiger partial charge on any atom is -0.356 e. The maximum absolute atomic E-state index is 12.7. The lowest BCUT2D eigenvalue weighted by molar-refractivity contribution is -0.179. The summed E-state index contributed by atoms with van der Waals surface area (Å²) in [6.07, 6.45) is 0. The van der Waals surface area contributed by atoms with Gasteiger partial charge in [0, 0.05) is 11.1 Å². The van der Waals surface area contributed by atoms with Crippen LogP contribution in [0.4, 0.5) is 0 Å². The van der Waals surface area contributed by atoms with Crippen molar-refractivity contribution in [3.8, 4) is 0 Å².